The minimum atomic E-state index is -0.615. The van der Waals surface area contributed by atoms with E-state index in [4.69, 9.17) is 32.7 Å². The molecule has 0 fully saturated rings. The summed E-state index contributed by atoms with van der Waals surface area (Å²) in [5.74, 6) is -0.0731. The number of alkyl halides is 1. The smallest absolute Gasteiger partial charge is 0.377 e. The van der Waals surface area contributed by atoms with Gasteiger partial charge in [0, 0.05) is 52.3 Å². The predicted octanol–water partition coefficient (Wildman–Crippen LogP) is 7.51. The summed E-state index contributed by atoms with van der Waals surface area (Å²) in [5, 5.41) is 8.60. The van der Waals surface area contributed by atoms with Gasteiger partial charge < -0.3 is 32.7 Å². The molecule has 14 heteroatoms. The van der Waals surface area contributed by atoms with Crippen molar-refractivity contribution in [2.75, 3.05) is 40.6 Å². The van der Waals surface area contributed by atoms with E-state index < -0.39 is 17.9 Å². The Balaban J connectivity index is 0.000000291. The second-order valence-corrected chi connectivity index (χ2v) is 11.7. The summed E-state index contributed by atoms with van der Waals surface area (Å²) in [6, 6.07) is 24.4. The van der Waals surface area contributed by atoms with E-state index in [1.54, 1.807) is 41.1 Å². The molecule has 0 amide bonds. The summed E-state index contributed by atoms with van der Waals surface area (Å²) in [7, 11) is 3.15. The third-order valence-corrected chi connectivity index (χ3v) is 8.21. The first-order chi connectivity index (χ1) is 25.8. The van der Waals surface area contributed by atoms with Crippen LogP contribution in [0, 0.1) is 0 Å². The first kappa shape index (κ1) is 40.3. The maximum Gasteiger partial charge on any atom is 0.377 e. The third kappa shape index (κ3) is 10.8. The van der Waals surface area contributed by atoms with Crippen LogP contribution in [0.3, 0.4) is 0 Å². The topological polar surface area (TPSA) is 153 Å². The Hall–Kier alpha value is -5.47. The summed E-state index contributed by atoms with van der Waals surface area (Å²) in [5.41, 5.74) is 4.91. The Bertz CT molecular complexity index is 1930. The monoisotopic (exact) mass is 791 g/mol. The van der Waals surface area contributed by atoms with Gasteiger partial charge in [-0.1, -0.05) is 93.0 Å². The predicted molar refractivity (Wildman–Crippen MR) is 199 cm³/mol. The molecule has 0 aliphatic rings. The summed E-state index contributed by atoms with van der Waals surface area (Å²) in [6.07, 6.45) is 0. The highest BCUT2D eigenvalue weighted by molar-refractivity contribution is 9.08. The zero-order valence-electron chi connectivity index (χ0n) is 30.3. The summed E-state index contributed by atoms with van der Waals surface area (Å²) in [4.78, 5) is 38.6. The second kappa shape index (κ2) is 20.5. The number of aromatic nitrogens is 2. The first-order valence-corrected chi connectivity index (χ1v) is 18.0. The van der Waals surface area contributed by atoms with Gasteiger partial charge in [0.25, 0.3) is 0 Å². The number of ether oxygens (including phenoxy) is 5. The zero-order chi connectivity index (χ0) is 38.2. The van der Waals surface area contributed by atoms with Gasteiger partial charge in [-0.25, -0.2) is 9.59 Å². The molecule has 0 N–H and O–H groups in total. The molecule has 2 aromatic heterocycles. The van der Waals surface area contributed by atoms with Crippen molar-refractivity contribution in [3.05, 3.63) is 107 Å². The Morgan fingerprint density at radius 1 is 0.679 bits per heavy atom. The number of rotatable bonds is 16. The molecule has 13 nitrogen and oxygen atoms in total. The van der Waals surface area contributed by atoms with Gasteiger partial charge in [-0.3, -0.25) is 9.69 Å². The molecular weight excluding hydrogens is 750 g/mol. The van der Waals surface area contributed by atoms with Crippen LogP contribution in [-0.2, 0) is 37.4 Å². The maximum absolute atomic E-state index is 12.6. The average Bonchev–Trinajstić information content (AvgIpc) is 3.81. The molecule has 0 unspecified atom stereocenters. The fourth-order valence-corrected chi connectivity index (χ4v) is 5.77. The van der Waals surface area contributed by atoms with E-state index in [-0.39, 0.29) is 37.8 Å². The van der Waals surface area contributed by atoms with E-state index in [9.17, 15) is 14.4 Å². The molecule has 0 radical (unpaired) electrons. The van der Waals surface area contributed by atoms with Crippen molar-refractivity contribution in [1.29, 1.82) is 0 Å². The minimum Gasteiger partial charge on any atom is -0.497 e. The standard InChI is InChI=1S/C26H30N2O7.C13H12BrNO3/c1-5-33-23(29)17-28(15-19-12-13-20(31-3)14-22(19)32-4)16-21-24(18-10-8-7-9-11-18)27-35-25(21)26(30)34-6-2;1-2-17-13(16)12-10(8-14)11(15-18-12)9-6-4-3-5-7-9/h7-14H,5-6,15-17H2,1-4H3;3-7H,2,8H2,1H3. The summed E-state index contributed by atoms with van der Waals surface area (Å²) < 4.78 is 36.7. The Kier molecular flexibility index (Phi) is 15.6. The lowest BCUT2D eigenvalue weighted by molar-refractivity contribution is -0.144. The normalized spacial score (nSPS) is 10.6. The Morgan fingerprint density at radius 2 is 1.21 bits per heavy atom. The van der Waals surface area contributed by atoms with Crippen molar-refractivity contribution in [2.24, 2.45) is 0 Å². The Morgan fingerprint density at radius 3 is 1.70 bits per heavy atom. The first-order valence-electron chi connectivity index (χ1n) is 16.8. The molecule has 5 aromatic rings. The molecule has 3 aromatic carbocycles. The van der Waals surface area contributed by atoms with Crippen LogP contribution in [0.1, 0.15) is 58.6 Å². The van der Waals surface area contributed by atoms with E-state index in [2.05, 4.69) is 26.2 Å². The van der Waals surface area contributed by atoms with E-state index >= 15 is 0 Å². The molecule has 0 saturated carbocycles. The molecular formula is C39H42BrN3O10. The van der Waals surface area contributed by atoms with Gasteiger partial charge in [0.05, 0.1) is 40.6 Å². The minimum absolute atomic E-state index is 0.00116. The third-order valence-electron chi connectivity index (χ3n) is 7.65. The van der Waals surface area contributed by atoms with Crippen LogP contribution in [0.2, 0.25) is 0 Å². The number of nitrogens with zero attached hydrogens (tertiary/aromatic N) is 3. The molecule has 2 heterocycles. The van der Waals surface area contributed by atoms with Crippen LogP contribution < -0.4 is 9.47 Å². The molecule has 0 spiro atoms. The number of hydrogen-bond donors (Lipinski definition) is 0. The number of carbonyl (C=O) groups excluding carboxylic acids is 3. The number of hydrogen-bond acceptors (Lipinski definition) is 13. The molecule has 0 saturated heterocycles. The van der Waals surface area contributed by atoms with Crippen molar-refractivity contribution in [3.8, 4) is 34.0 Å². The molecule has 0 aliphatic heterocycles. The number of halogens is 1. The molecule has 5 rings (SSSR count). The van der Waals surface area contributed by atoms with Crippen molar-refractivity contribution in [1.82, 2.24) is 15.2 Å². The van der Waals surface area contributed by atoms with Crippen LogP contribution in [0.15, 0.2) is 87.9 Å². The lowest BCUT2D eigenvalue weighted by Gasteiger charge is -2.23. The summed E-state index contributed by atoms with van der Waals surface area (Å²) >= 11 is 3.35. The lowest BCUT2D eigenvalue weighted by atomic mass is 10.0. The van der Waals surface area contributed by atoms with Crippen LogP contribution in [-0.4, -0.2) is 73.7 Å². The van der Waals surface area contributed by atoms with Crippen molar-refractivity contribution in [2.45, 2.75) is 39.2 Å². The number of benzene rings is 3. The van der Waals surface area contributed by atoms with Gasteiger partial charge in [-0.05, 0) is 26.8 Å². The number of carbonyl (C=O) groups is 3. The Labute approximate surface area is 316 Å². The largest absolute Gasteiger partial charge is 0.497 e. The molecule has 0 atom stereocenters. The zero-order valence-corrected chi connectivity index (χ0v) is 31.8. The van der Waals surface area contributed by atoms with Gasteiger partial charge in [0.1, 0.15) is 22.9 Å². The number of methoxy groups -OCH3 is 2. The highest BCUT2D eigenvalue weighted by Crippen LogP contribution is 2.31. The van der Waals surface area contributed by atoms with E-state index in [1.165, 1.54) is 0 Å². The van der Waals surface area contributed by atoms with Gasteiger partial charge >= 0.3 is 17.9 Å². The van der Waals surface area contributed by atoms with Crippen LogP contribution in [0.25, 0.3) is 22.5 Å². The molecule has 53 heavy (non-hydrogen) atoms. The number of esters is 3. The fraction of sp³-hybridized carbons (Fsp3) is 0.308. The van der Waals surface area contributed by atoms with E-state index in [0.29, 0.717) is 52.5 Å². The van der Waals surface area contributed by atoms with Gasteiger partial charge in [0.15, 0.2) is 0 Å². The quantitative estimate of drug-likeness (QED) is 0.0551. The highest BCUT2D eigenvalue weighted by atomic mass is 79.9. The van der Waals surface area contributed by atoms with Crippen molar-refractivity contribution in [3.63, 3.8) is 0 Å². The summed E-state index contributed by atoms with van der Waals surface area (Å²) in [6.45, 7) is 6.46. The van der Waals surface area contributed by atoms with Crippen molar-refractivity contribution >= 4 is 33.8 Å². The van der Waals surface area contributed by atoms with E-state index in [0.717, 1.165) is 16.7 Å². The molecule has 280 valence electrons. The SMILES string of the molecule is CCOC(=O)CN(Cc1ccc(OC)cc1OC)Cc1c(-c2ccccc2)noc1C(=O)OCC.CCOC(=O)c1onc(-c2ccccc2)c1CBr. The maximum atomic E-state index is 12.6. The van der Waals surface area contributed by atoms with Gasteiger partial charge in [-0.2, -0.15) is 0 Å². The molecule has 0 aliphatic carbocycles. The van der Waals surface area contributed by atoms with Gasteiger partial charge in [0.2, 0.25) is 11.5 Å². The lowest BCUT2D eigenvalue weighted by Crippen LogP contribution is -2.31. The van der Waals surface area contributed by atoms with E-state index in [1.807, 2.05) is 77.7 Å². The van der Waals surface area contributed by atoms with Crippen LogP contribution in [0.5, 0.6) is 11.5 Å². The van der Waals surface area contributed by atoms with Gasteiger partial charge in [-0.15, -0.1) is 0 Å². The fourth-order valence-electron chi connectivity index (χ4n) is 5.25. The second-order valence-electron chi connectivity index (χ2n) is 11.1. The molecule has 0 bridgehead atoms. The van der Waals surface area contributed by atoms with Crippen LogP contribution in [0.4, 0.5) is 0 Å². The van der Waals surface area contributed by atoms with Crippen molar-refractivity contribution < 1.29 is 47.1 Å². The highest BCUT2D eigenvalue weighted by Gasteiger charge is 2.28. The van der Waals surface area contributed by atoms with Crippen LogP contribution >= 0.6 is 15.9 Å². The average molecular weight is 793 g/mol.